The minimum atomic E-state index is -0.0930. The van der Waals surface area contributed by atoms with E-state index in [9.17, 15) is 4.79 Å². The van der Waals surface area contributed by atoms with Crippen molar-refractivity contribution in [3.63, 3.8) is 0 Å². The summed E-state index contributed by atoms with van der Waals surface area (Å²) in [4.78, 5) is 14.5. The lowest BCUT2D eigenvalue weighted by Crippen LogP contribution is -2.36. The molecule has 0 saturated heterocycles. The van der Waals surface area contributed by atoms with Gasteiger partial charge in [0.2, 0.25) is 11.8 Å². The highest BCUT2D eigenvalue weighted by atomic mass is 35.5. The average molecular weight is 412 g/mol. The van der Waals surface area contributed by atoms with Crippen LogP contribution in [0.2, 0.25) is 5.02 Å². The molecule has 4 rings (SSSR count). The first kappa shape index (κ1) is 19.5. The second-order valence-corrected chi connectivity index (χ2v) is 7.43. The van der Waals surface area contributed by atoms with Crippen LogP contribution in [0.5, 0.6) is 5.75 Å². The van der Waals surface area contributed by atoms with Crippen LogP contribution in [-0.2, 0) is 17.8 Å². The van der Waals surface area contributed by atoms with Crippen molar-refractivity contribution in [1.29, 1.82) is 0 Å². The van der Waals surface area contributed by atoms with Crippen LogP contribution in [0, 0.1) is 0 Å². The van der Waals surface area contributed by atoms with Crippen LogP contribution in [0.25, 0.3) is 11.5 Å². The Labute approximate surface area is 174 Å². The molecule has 1 aliphatic rings. The summed E-state index contributed by atoms with van der Waals surface area (Å²) < 4.78 is 11.4. The van der Waals surface area contributed by atoms with Gasteiger partial charge in [0.05, 0.1) is 17.1 Å². The zero-order valence-corrected chi connectivity index (χ0v) is 16.9. The van der Waals surface area contributed by atoms with Crippen molar-refractivity contribution in [2.75, 3.05) is 6.61 Å². The monoisotopic (exact) mass is 411 g/mol. The molecule has 0 spiro atoms. The SMILES string of the molecule is CCc1ccc(OCC(=O)N(Cc2nnc(-c3ccccc3Cl)o2)C2CC2)cc1. The lowest BCUT2D eigenvalue weighted by atomic mass is 10.2. The first-order valence-electron chi connectivity index (χ1n) is 9.72. The number of hydrogen-bond donors (Lipinski definition) is 0. The van der Waals surface area contributed by atoms with Gasteiger partial charge in [0.15, 0.2) is 6.61 Å². The molecule has 1 amide bonds. The molecular formula is C22H22ClN3O3. The van der Waals surface area contributed by atoms with E-state index in [2.05, 4.69) is 17.1 Å². The van der Waals surface area contributed by atoms with Gasteiger partial charge in [0.25, 0.3) is 5.91 Å². The minimum absolute atomic E-state index is 0.0204. The molecule has 1 heterocycles. The molecular weight excluding hydrogens is 390 g/mol. The summed E-state index contributed by atoms with van der Waals surface area (Å²) in [6.45, 7) is 2.34. The van der Waals surface area contributed by atoms with Crippen molar-refractivity contribution >= 4 is 17.5 Å². The van der Waals surface area contributed by atoms with Crippen LogP contribution in [0.15, 0.2) is 52.9 Å². The number of halogens is 1. The van der Waals surface area contributed by atoms with Crippen molar-refractivity contribution in [3.8, 4) is 17.2 Å². The molecule has 0 radical (unpaired) electrons. The zero-order valence-electron chi connectivity index (χ0n) is 16.2. The Morgan fingerprint density at radius 1 is 1.17 bits per heavy atom. The molecule has 6 nitrogen and oxygen atoms in total. The normalized spacial score (nSPS) is 13.3. The maximum absolute atomic E-state index is 12.7. The van der Waals surface area contributed by atoms with Crippen molar-refractivity contribution < 1.29 is 13.9 Å². The van der Waals surface area contributed by atoms with Crippen molar-refractivity contribution in [2.24, 2.45) is 0 Å². The van der Waals surface area contributed by atoms with Crippen molar-refractivity contribution in [3.05, 3.63) is 65.0 Å². The topological polar surface area (TPSA) is 68.5 Å². The number of nitrogens with zero attached hydrogens (tertiary/aromatic N) is 3. The fourth-order valence-electron chi connectivity index (χ4n) is 3.06. The first-order chi connectivity index (χ1) is 14.1. The number of aromatic nitrogens is 2. The summed E-state index contributed by atoms with van der Waals surface area (Å²) in [5.74, 6) is 1.32. The Morgan fingerprint density at radius 2 is 1.93 bits per heavy atom. The number of benzene rings is 2. The third-order valence-corrected chi connectivity index (χ3v) is 5.21. The van der Waals surface area contributed by atoms with Crippen LogP contribution in [-0.4, -0.2) is 33.7 Å². The van der Waals surface area contributed by atoms with Gasteiger partial charge in [-0.1, -0.05) is 42.8 Å². The van der Waals surface area contributed by atoms with E-state index in [0.29, 0.717) is 28.1 Å². The molecule has 1 fully saturated rings. The van der Waals surface area contributed by atoms with E-state index in [1.54, 1.807) is 11.0 Å². The number of rotatable bonds is 8. The molecule has 3 aromatic rings. The Kier molecular flexibility index (Phi) is 5.81. The third kappa shape index (κ3) is 4.77. The van der Waals surface area contributed by atoms with Gasteiger partial charge in [-0.2, -0.15) is 0 Å². The molecule has 0 unspecified atom stereocenters. The quantitative estimate of drug-likeness (QED) is 0.545. The van der Waals surface area contributed by atoms with Gasteiger partial charge in [-0.05, 0) is 49.1 Å². The Hall–Kier alpha value is -2.86. The van der Waals surface area contributed by atoms with Crippen molar-refractivity contribution in [1.82, 2.24) is 15.1 Å². The summed E-state index contributed by atoms with van der Waals surface area (Å²) in [5, 5.41) is 8.71. The minimum Gasteiger partial charge on any atom is -0.484 e. The largest absolute Gasteiger partial charge is 0.484 e. The fraction of sp³-hybridized carbons (Fsp3) is 0.318. The summed E-state index contributed by atoms with van der Waals surface area (Å²) in [6.07, 6.45) is 2.92. The van der Waals surface area contributed by atoms with Gasteiger partial charge in [0, 0.05) is 6.04 Å². The molecule has 1 aromatic heterocycles. The van der Waals surface area contributed by atoms with Gasteiger partial charge in [-0.15, -0.1) is 10.2 Å². The van der Waals surface area contributed by atoms with Gasteiger partial charge in [-0.3, -0.25) is 4.79 Å². The molecule has 0 atom stereocenters. The molecule has 0 bridgehead atoms. The first-order valence-corrected chi connectivity index (χ1v) is 10.1. The second-order valence-electron chi connectivity index (χ2n) is 7.02. The van der Waals surface area contributed by atoms with E-state index in [-0.39, 0.29) is 25.1 Å². The summed E-state index contributed by atoms with van der Waals surface area (Å²) in [5.41, 5.74) is 1.91. The predicted molar refractivity (Wildman–Crippen MR) is 110 cm³/mol. The van der Waals surface area contributed by atoms with Crippen LogP contribution >= 0.6 is 11.6 Å². The van der Waals surface area contributed by atoms with E-state index < -0.39 is 0 Å². The molecule has 2 aromatic carbocycles. The lowest BCUT2D eigenvalue weighted by Gasteiger charge is -2.20. The molecule has 1 aliphatic carbocycles. The Balaban J connectivity index is 1.40. The van der Waals surface area contributed by atoms with E-state index in [1.807, 2.05) is 42.5 Å². The van der Waals surface area contributed by atoms with Crippen molar-refractivity contribution in [2.45, 2.75) is 38.8 Å². The third-order valence-electron chi connectivity index (χ3n) is 4.88. The molecule has 0 N–H and O–H groups in total. The summed E-state index contributed by atoms with van der Waals surface area (Å²) >= 11 is 6.19. The molecule has 150 valence electrons. The van der Waals surface area contributed by atoms with E-state index >= 15 is 0 Å². The van der Waals surface area contributed by atoms with Gasteiger partial charge in [0.1, 0.15) is 5.75 Å². The lowest BCUT2D eigenvalue weighted by molar-refractivity contribution is -0.134. The highest BCUT2D eigenvalue weighted by Crippen LogP contribution is 2.30. The van der Waals surface area contributed by atoms with Crippen LogP contribution in [0.3, 0.4) is 0 Å². The predicted octanol–water partition coefficient (Wildman–Crippen LogP) is 4.52. The number of aryl methyl sites for hydroxylation is 1. The second kappa shape index (κ2) is 8.66. The zero-order chi connectivity index (χ0) is 20.2. The fourth-order valence-corrected chi connectivity index (χ4v) is 3.28. The highest BCUT2D eigenvalue weighted by molar-refractivity contribution is 6.33. The molecule has 7 heteroatoms. The molecule has 29 heavy (non-hydrogen) atoms. The maximum atomic E-state index is 12.7. The number of ether oxygens (including phenoxy) is 1. The van der Waals surface area contributed by atoms with Crippen LogP contribution in [0.1, 0.15) is 31.2 Å². The molecule has 1 saturated carbocycles. The van der Waals surface area contributed by atoms with Gasteiger partial charge >= 0.3 is 0 Å². The van der Waals surface area contributed by atoms with E-state index in [1.165, 1.54) is 5.56 Å². The van der Waals surface area contributed by atoms with Crippen LogP contribution < -0.4 is 4.74 Å². The Bertz CT molecular complexity index is 983. The molecule has 0 aliphatic heterocycles. The Morgan fingerprint density at radius 3 is 2.62 bits per heavy atom. The average Bonchev–Trinajstić information content (AvgIpc) is 3.49. The smallest absolute Gasteiger partial charge is 0.261 e. The summed E-state index contributed by atoms with van der Waals surface area (Å²) in [7, 11) is 0. The van der Waals surface area contributed by atoms with Gasteiger partial charge < -0.3 is 14.1 Å². The number of carbonyl (C=O) groups excluding carboxylic acids is 1. The standard InChI is InChI=1S/C22H22ClN3O3/c1-2-15-7-11-17(12-8-15)28-14-21(27)26(16-9-10-16)13-20-24-25-22(29-20)18-5-3-4-6-19(18)23/h3-8,11-12,16H,2,9-10,13-14H2,1H3. The highest BCUT2D eigenvalue weighted by Gasteiger charge is 2.34. The number of hydrogen-bond acceptors (Lipinski definition) is 5. The summed E-state index contributed by atoms with van der Waals surface area (Å²) in [6, 6.07) is 15.3. The van der Waals surface area contributed by atoms with E-state index in [0.717, 1.165) is 19.3 Å². The number of carbonyl (C=O) groups is 1. The maximum Gasteiger partial charge on any atom is 0.261 e. The van der Waals surface area contributed by atoms with Crippen LogP contribution in [0.4, 0.5) is 0 Å². The van der Waals surface area contributed by atoms with E-state index in [4.69, 9.17) is 20.8 Å². The van der Waals surface area contributed by atoms with Gasteiger partial charge in [-0.25, -0.2) is 0 Å². The number of amides is 1.